The average molecular weight is 354 g/mol. The fraction of sp³-hybridized carbons (Fsp3) is 0.353. The first kappa shape index (κ1) is 15.9. The molecule has 22 heavy (non-hydrogen) atoms. The number of hydrogen-bond acceptors (Lipinski definition) is 2. The first-order chi connectivity index (χ1) is 10.5. The Morgan fingerprint density at radius 1 is 1.36 bits per heavy atom. The number of benzene rings is 1. The molecule has 1 aromatic heterocycles. The van der Waals surface area contributed by atoms with E-state index in [4.69, 9.17) is 23.2 Å². The normalized spacial score (nSPS) is 17.1. The van der Waals surface area contributed by atoms with Crippen LogP contribution in [-0.4, -0.2) is 5.91 Å². The van der Waals surface area contributed by atoms with Gasteiger partial charge in [-0.1, -0.05) is 36.2 Å². The Balaban J connectivity index is 1.67. The topological polar surface area (TPSA) is 29.1 Å². The van der Waals surface area contributed by atoms with Crippen LogP contribution in [0.2, 0.25) is 10.0 Å². The molecule has 1 aliphatic carbocycles. The molecule has 0 fully saturated rings. The molecule has 5 heteroatoms. The minimum absolute atomic E-state index is 0.0296. The van der Waals surface area contributed by atoms with Crippen LogP contribution in [0.4, 0.5) is 0 Å². The molecule has 2 aromatic rings. The van der Waals surface area contributed by atoms with Crippen molar-refractivity contribution in [2.75, 3.05) is 0 Å². The molecule has 1 amide bonds. The second-order valence-electron chi connectivity index (χ2n) is 5.83. The number of carbonyl (C=O) groups excluding carboxylic acids is 1. The largest absolute Gasteiger partial charge is 0.347 e. The SMILES string of the molecule is C[C@@H]1CCc2sc(C(=O)NCc3ccc(Cl)cc3Cl)cc2C1. The number of nitrogens with one attached hydrogen (secondary N) is 1. The fourth-order valence-corrected chi connectivity index (χ4v) is 4.35. The van der Waals surface area contributed by atoms with E-state index in [0.717, 1.165) is 23.3 Å². The van der Waals surface area contributed by atoms with Crippen molar-refractivity contribution in [1.29, 1.82) is 0 Å². The van der Waals surface area contributed by atoms with Crippen LogP contribution in [0.1, 0.15) is 39.0 Å². The van der Waals surface area contributed by atoms with Crippen LogP contribution in [0.5, 0.6) is 0 Å². The molecule has 0 aliphatic heterocycles. The molecule has 0 saturated carbocycles. The molecule has 1 N–H and O–H groups in total. The van der Waals surface area contributed by atoms with Gasteiger partial charge in [-0.2, -0.15) is 0 Å². The van der Waals surface area contributed by atoms with Crippen molar-refractivity contribution in [3.8, 4) is 0 Å². The summed E-state index contributed by atoms with van der Waals surface area (Å²) in [6.07, 6.45) is 3.40. The smallest absolute Gasteiger partial charge is 0.261 e. The molecule has 1 aliphatic rings. The van der Waals surface area contributed by atoms with E-state index < -0.39 is 0 Å². The number of thiophene rings is 1. The second kappa shape index (κ2) is 6.61. The molecule has 116 valence electrons. The van der Waals surface area contributed by atoms with E-state index in [1.807, 2.05) is 6.07 Å². The van der Waals surface area contributed by atoms with Gasteiger partial charge in [0.1, 0.15) is 0 Å². The van der Waals surface area contributed by atoms with Crippen LogP contribution in [0, 0.1) is 5.92 Å². The third-order valence-electron chi connectivity index (χ3n) is 4.01. The van der Waals surface area contributed by atoms with Crippen molar-refractivity contribution in [2.45, 2.75) is 32.7 Å². The molecule has 0 radical (unpaired) electrons. The summed E-state index contributed by atoms with van der Waals surface area (Å²) in [5.41, 5.74) is 2.22. The number of amides is 1. The van der Waals surface area contributed by atoms with E-state index in [2.05, 4.69) is 18.3 Å². The van der Waals surface area contributed by atoms with E-state index in [9.17, 15) is 4.79 Å². The molecule has 1 aromatic carbocycles. The third kappa shape index (κ3) is 3.48. The molecule has 0 spiro atoms. The zero-order valence-electron chi connectivity index (χ0n) is 12.3. The van der Waals surface area contributed by atoms with Gasteiger partial charge in [0, 0.05) is 21.5 Å². The highest BCUT2D eigenvalue weighted by molar-refractivity contribution is 7.14. The molecule has 2 nitrogen and oxygen atoms in total. The summed E-state index contributed by atoms with van der Waals surface area (Å²) >= 11 is 13.6. The first-order valence-corrected chi connectivity index (χ1v) is 8.94. The Morgan fingerprint density at radius 3 is 2.95 bits per heavy atom. The van der Waals surface area contributed by atoms with Crippen LogP contribution < -0.4 is 5.32 Å². The Labute approximate surface area is 144 Å². The number of carbonyl (C=O) groups is 1. The Kier molecular flexibility index (Phi) is 4.76. The molecule has 1 heterocycles. The van der Waals surface area contributed by atoms with Crippen LogP contribution in [-0.2, 0) is 19.4 Å². The van der Waals surface area contributed by atoms with E-state index >= 15 is 0 Å². The number of fused-ring (bicyclic) bond motifs is 1. The van der Waals surface area contributed by atoms with Gasteiger partial charge in [-0.25, -0.2) is 0 Å². The van der Waals surface area contributed by atoms with Gasteiger partial charge >= 0.3 is 0 Å². The summed E-state index contributed by atoms with van der Waals surface area (Å²) in [4.78, 5) is 14.5. The summed E-state index contributed by atoms with van der Waals surface area (Å²) in [7, 11) is 0. The summed E-state index contributed by atoms with van der Waals surface area (Å²) < 4.78 is 0. The van der Waals surface area contributed by atoms with E-state index in [0.29, 0.717) is 22.5 Å². The summed E-state index contributed by atoms with van der Waals surface area (Å²) in [6.45, 7) is 2.68. The number of aryl methyl sites for hydroxylation is 1. The van der Waals surface area contributed by atoms with Crippen LogP contribution in [0.25, 0.3) is 0 Å². The Hall–Kier alpha value is -1.03. The van der Waals surface area contributed by atoms with Gasteiger partial charge in [0.25, 0.3) is 5.91 Å². The highest BCUT2D eigenvalue weighted by atomic mass is 35.5. The van der Waals surface area contributed by atoms with Crippen molar-refractivity contribution in [3.05, 3.63) is 55.2 Å². The van der Waals surface area contributed by atoms with Crippen LogP contribution in [0.15, 0.2) is 24.3 Å². The van der Waals surface area contributed by atoms with E-state index in [1.165, 1.54) is 16.9 Å². The Morgan fingerprint density at radius 2 is 2.18 bits per heavy atom. The van der Waals surface area contributed by atoms with Gasteiger partial charge in [0.05, 0.1) is 4.88 Å². The molecule has 0 saturated heterocycles. The predicted molar refractivity (Wildman–Crippen MR) is 93.1 cm³/mol. The lowest BCUT2D eigenvalue weighted by Gasteiger charge is -2.16. The number of rotatable bonds is 3. The quantitative estimate of drug-likeness (QED) is 0.815. The lowest BCUT2D eigenvalue weighted by molar-refractivity contribution is 0.0955. The van der Waals surface area contributed by atoms with Crippen molar-refractivity contribution in [3.63, 3.8) is 0 Å². The van der Waals surface area contributed by atoms with Crippen molar-refractivity contribution < 1.29 is 4.79 Å². The monoisotopic (exact) mass is 353 g/mol. The summed E-state index contributed by atoms with van der Waals surface area (Å²) in [6, 6.07) is 7.36. The van der Waals surface area contributed by atoms with Crippen molar-refractivity contribution >= 4 is 40.4 Å². The zero-order chi connectivity index (χ0) is 15.7. The van der Waals surface area contributed by atoms with Crippen molar-refractivity contribution in [2.24, 2.45) is 5.92 Å². The zero-order valence-corrected chi connectivity index (χ0v) is 14.6. The summed E-state index contributed by atoms with van der Waals surface area (Å²) in [5, 5.41) is 4.11. The fourth-order valence-electron chi connectivity index (χ4n) is 2.75. The van der Waals surface area contributed by atoms with Gasteiger partial charge in [0.2, 0.25) is 0 Å². The highest BCUT2D eigenvalue weighted by Crippen LogP contribution is 2.32. The summed E-state index contributed by atoms with van der Waals surface area (Å²) in [5.74, 6) is 0.684. The molecular weight excluding hydrogens is 337 g/mol. The van der Waals surface area contributed by atoms with Gasteiger partial charge in [-0.05, 0) is 54.5 Å². The molecule has 3 rings (SSSR count). The van der Waals surface area contributed by atoms with Gasteiger partial charge < -0.3 is 5.32 Å². The van der Waals surface area contributed by atoms with Crippen LogP contribution >= 0.6 is 34.5 Å². The molecular formula is C17H17Cl2NOS. The number of halogens is 2. The maximum atomic E-state index is 12.3. The Bertz CT molecular complexity index is 711. The molecule has 1 atom stereocenters. The van der Waals surface area contributed by atoms with E-state index in [-0.39, 0.29) is 5.91 Å². The lowest BCUT2D eigenvalue weighted by Crippen LogP contribution is -2.21. The highest BCUT2D eigenvalue weighted by Gasteiger charge is 2.20. The second-order valence-corrected chi connectivity index (χ2v) is 7.81. The lowest BCUT2D eigenvalue weighted by atomic mass is 9.90. The van der Waals surface area contributed by atoms with E-state index in [1.54, 1.807) is 23.5 Å². The van der Waals surface area contributed by atoms with Crippen molar-refractivity contribution in [1.82, 2.24) is 5.32 Å². The average Bonchev–Trinajstić information content (AvgIpc) is 2.89. The van der Waals surface area contributed by atoms with Gasteiger partial charge in [0.15, 0.2) is 0 Å². The minimum Gasteiger partial charge on any atom is -0.347 e. The number of hydrogen-bond donors (Lipinski definition) is 1. The maximum Gasteiger partial charge on any atom is 0.261 e. The molecule has 0 unspecified atom stereocenters. The first-order valence-electron chi connectivity index (χ1n) is 7.36. The minimum atomic E-state index is -0.0296. The molecule has 0 bridgehead atoms. The maximum absolute atomic E-state index is 12.3. The van der Waals surface area contributed by atoms with Gasteiger partial charge in [-0.15, -0.1) is 11.3 Å². The van der Waals surface area contributed by atoms with Gasteiger partial charge in [-0.3, -0.25) is 4.79 Å². The standard InChI is InChI=1S/C17H17Cl2NOS/c1-10-2-5-15-12(6-10)7-16(22-15)17(21)20-9-11-3-4-13(18)8-14(11)19/h3-4,7-8,10H,2,5-6,9H2,1H3,(H,20,21)/t10-/m1/s1. The predicted octanol–water partition coefficient (Wildman–Crippen LogP) is 5.11. The van der Waals surface area contributed by atoms with Crippen LogP contribution in [0.3, 0.4) is 0 Å². The third-order valence-corrected chi connectivity index (χ3v) is 5.83.